The number of urea groups is 1. The summed E-state index contributed by atoms with van der Waals surface area (Å²) < 4.78 is 42.1. The summed E-state index contributed by atoms with van der Waals surface area (Å²) >= 11 is 0. The van der Waals surface area contributed by atoms with Crippen LogP contribution in [0.4, 0.5) is 29.3 Å². The smallest absolute Gasteiger partial charge is 0.423 e. The van der Waals surface area contributed by atoms with Crippen molar-refractivity contribution in [3.63, 3.8) is 0 Å². The molecule has 39 heavy (non-hydrogen) atoms. The molecule has 3 heterocycles. The highest BCUT2D eigenvalue weighted by Crippen LogP contribution is 2.37. The first-order valence-corrected chi connectivity index (χ1v) is 11.7. The monoisotopic (exact) mass is 542 g/mol. The van der Waals surface area contributed by atoms with Gasteiger partial charge in [-0.15, -0.1) is 18.3 Å². The molecular formula is C25H21F3N6O5. The molecule has 0 saturated carbocycles. The Morgan fingerprint density at radius 2 is 1.77 bits per heavy atom. The fourth-order valence-electron chi connectivity index (χ4n) is 4.73. The van der Waals surface area contributed by atoms with Crippen LogP contribution in [0.1, 0.15) is 5.56 Å². The van der Waals surface area contributed by atoms with Crippen LogP contribution in [-0.4, -0.2) is 66.2 Å². The number of azo groups is 1. The standard InChI is InChI=1S/C25H21F3N6O5/c1-29-23(38)32-13-24(14-32)22(37)33(18-7-8-19-16(10-18)4-9-21(36)39-19)12-20(35)34(24)11-15-2-5-17(6-3-15)30-31-25(26,27)28/h2-10H,11-14H2,1H3,(H,29,38). The number of benzene rings is 2. The molecule has 2 aliphatic rings. The number of piperazine rings is 1. The average Bonchev–Trinajstić information content (AvgIpc) is 2.88. The molecule has 3 aromatic rings. The van der Waals surface area contributed by atoms with Crippen molar-refractivity contribution in [3.05, 3.63) is 70.6 Å². The van der Waals surface area contributed by atoms with E-state index in [9.17, 15) is 32.3 Å². The van der Waals surface area contributed by atoms with Gasteiger partial charge in [0.2, 0.25) is 5.91 Å². The van der Waals surface area contributed by atoms with E-state index in [1.54, 1.807) is 18.2 Å². The zero-order valence-corrected chi connectivity index (χ0v) is 20.4. The van der Waals surface area contributed by atoms with Gasteiger partial charge in [0.25, 0.3) is 5.91 Å². The molecule has 2 aliphatic heterocycles. The zero-order chi connectivity index (χ0) is 27.9. The van der Waals surface area contributed by atoms with Gasteiger partial charge in [0, 0.05) is 30.7 Å². The Morgan fingerprint density at radius 1 is 1.05 bits per heavy atom. The molecule has 202 valence electrons. The summed E-state index contributed by atoms with van der Waals surface area (Å²) in [6, 6.07) is 12.8. The molecule has 2 aromatic carbocycles. The Hall–Kier alpha value is -4.75. The fourth-order valence-corrected chi connectivity index (χ4v) is 4.73. The maximum absolute atomic E-state index is 13.9. The lowest BCUT2D eigenvalue weighted by molar-refractivity contribution is -0.161. The molecule has 1 spiro atoms. The van der Waals surface area contributed by atoms with Crippen LogP contribution in [0.2, 0.25) is 0 Å². The lowest BCUT2D eigenvalue weighted by Crippen LogP contribution is -2.81. The van der Waals surface area contributed by atoms with Crippen molar-refractivity contribution in [2.45, 2.75) is 18.4 Å². The van der Waals surface area contributed by atoms with Crippen molar-refractivity contribution in [1.29, 1.82) is 0 Å². The minimum absolute atomic E-state index is 0.0143. The lowest BCUT2D eigenvalue weighted by atomic mass is 9.83. The van der Waals surface area contributed by atoms with E-state index in [0.717, 1.165) is 0 Å². The van der Waals surface area contributed by atoms with Crippen LogP contribution in [-0.2, 0) is 16.1 Å². The maximum atomic E-state index is 13.9. The van der Waals surface area contributed by atoms with E-state index in [1.165, 1.54) is 58.1 Å². The first-order valence-electron chi connectivity index (χ1n) is 11.7. The van der Waals surface area contributed by atoms with Crippen molar-refractivity contribution in [2.75, 3.05) is 31.6 Å². The molecule has 0 unspecified atom stereocenters. The van der Waals surface area contributed by atoms with Gasteiger partial charge in [-0.1, -0.05) is 17.2 Å². The Bertz CT molecular complexity index is 1550. The van der Waals surface area contributed by atoms with Crippen molar-refractivity contribution in [3.8, 4) is 0 Å². The molecule has 0 bridgehead atoms. The first kappa shape index (κ1) is 25.9. The molecule has 2 saturated heterocycles. The van der Waals surface area contributed by atoms with Crippen molar-refractivity contribution < 1.29 is 32.0 Å². The highest BCUT2D eigenvalue weighted by molar-refractivity contribution is 6.11. The van der Waals surface area contributed by atoms with E-state index in [2.05, 4.69) is 15.5 Å². The highest BCUT2D eigenvalue weighted by atomic mass is 19.4. The highest BCUT2D eigenvalue weighted by Gasteiger charge is 2.60. The van der Waals surface area contributed by atoms with E-state index in [0.29, 0.717) is 22.2 Å². The third-order valence-electron chi connectivity index (χ3n) is 6.63. The first-order chi connectivity index (χ1) is 18.5. The molecule has 4 amide bonds. The number of rotatable bonds is 4. The summed E-state index contributed by atoms with van der Waals surface area (Å²) in [5, 5.41) is 8.48. The topological polar surface area (TPSA) is 128 Å². The van der Waals surface area contributed by atoms with E-state index >= 15 is 0 Å². The van der Waals surface area contributed by atoms with Gasteiger partial charge in [-0.3, -0.25) is 9.59 Å². The zero-order valence-electron chi connectivity index (χ0n) is 20.4. The Balaban J connectivity index is 1.44. The normalized spacial score (nSPS) is 17.3. The number of halogens is 3. The second-order valence-electron chi connectivity index (χ2n) is 9.12. The second-order valence-corrected chi connectivity index (χ2v) is 9.12. The van der Waals surface area contributed by atoms with Crippen LogP contribution in [0.5, 0.6) is 0 Å². The number of anilines is 1. The number of alkyl halides is 3. The summed E-state index contributed by atoms with van der Waals surface area (Å²) in [7, 11) is 1.45. The summed E-state index contributed by atoms with van der Waals surface area (Å²) in [6.45, 7) is -0.386. The molecule has 0 radical (unpaired) electrons. The molecule has 14 heteroatoms. The molecule has 5 rings (SSSR count). The Labute approximate surface area is 218 Å². The molecule has 1 N–H and O–H groups in total. The van der Waals surface area contributed by atoms with Crippen LogP contribution in [0.25, 0.3) is 11.0 Å². The summed E-state index contributed by atoms with van der Waals surface area (Å²) in [5.41, 5.74) is -0.602. The Morgan fingerprint density at radius 3 is 2.44 bits per heavy atom. The maximum Gasteiger partial charge on any atom is 0.521 e. The van der Waals surface area contributed by atoms with Gasteiger partial charge >= 0.3 is 18.0 Å². The van der Waals surface area contributed by atoms with Gasteiger partial charge in [0.05, 0.1) is 18.8 Å². The van der Waals surface area contributed by atoms with Crippen LogP contribution >= 0.6 is 0 Å². The largest absolute Gasteiger partial charge is 0.521 e. The predicted octanol–water partition coefficient (Wildman–Crippen LogP) is 3.17. The SMILES string of the molecule is CNC(=O)N1CC2(C1)C(=O)N(c1ccc3oc(=O)ccc3c1)CC(=O)N2Cc1ccc(N=NC(F)(F)F)cc1. The molecular weight excluding hydrogens is 521 g/mol. The minimum Gasteiger partial charge on any atom is -0.423 e. The lowest BCUT2D eigenvalue weighted by Gasteiger charge is -2.57. The molecule has 0 aliphatic carbocycles. The average molecular weight is 542 g/mol. The molecule has 0 atom stereocenters. The Kier molecular flexibility index (Phi) is 6.32. The summed E-state index contributed by atoms with van der Waals surface area (Å²) in [4.78, 5) is 55.3. The van der Waals surface area contributed by atoms with Gasteiger partial charge < -0.3 is 24.4 Å². The molecule has 2 fully saturated rings. The van der Waals surface area contributed by atoms with Crippen molar-refractivity contribution in [2.24, 2.45) is 10.2 Å². The van der Waals surface area contributed by atoms with E-state index in [4.69, 9.17) is 4.42 Å². The van der Waals surface area contributed by atoms with Crippen LogP contribution in [0, 0.1) is 0 Å². The van der Waals surface area contributed by atoms with E-state index < -0.39 is 29.4 Å². The number of hydrogen-bond donors (Lipinski definition) is 1. The summed E-state index contributed by atoms with van der Waals surface area (Å²) in [6.07, 6.45) is -4.79. The van der Waals surface area contributed by atoms with Gasteiger partial charge in [-0.05, 0) is 42.0 Å². The number of carbonyl (C=O) groups excluding carboxylic acids is 3. The molecule has 1 aromatic heterocycles. The third kappa shape index (κ3) is 4.92. The number of nitrogens with zero attached hydrogens (tertiary/aromatic N) is 5. The van der Waals surface area contributed by atoms with Crippen molar-refractivity contribution >= 4 is 40.2 Å². The van der Waals surface area contributed by atoms with Crippen molar-refractivity contribution in [1.82, 2.24) is 15.1 Å². The molecule has 11 nitrogen and oxygen atoms in total. The number of carbonyl (C=O) groups is 3. The van der Waals surface area contributed by atoms with E-state index in [1.807, 2.05) is 0 Å². The van der Waals surface area contributed by atoms with Crippen LogP contribution in [0.3, 0.4) is 0 Å². The van der Waals surface area contributed by atoms with Crippen LogP contribution < -0.4 is 15.8 Å². The number of nitrogens with one attached hydrogen (secondary N) is 1. The quantitative estimate of drug-likeness (QED) is 0.308. The van der Waals surface area contributed by atoms with E-state index in [-0.39, 0.29) is 37.8 Å². The minimum atomic E-state index is -4.79. The number of hydrogen-bond acceptors (Lipinski definition) is 7. The number of fused-ring (bicyclic) bond motifs is 1. The fraction of sp³-hybridized carbons (Fsp3) is 0.280. The summed E-state index contributed by atoms with van der Waals surface area (Å²) in [5.74, 6) is -0.777. The predicted molar refractivity (Wildman–Crippen MR) is 131 cm³/mol. The van der Waals surface area contributed by atoms with Crippen LogP contribution in [0.15, 0.2) is 74.0 Å². The number of likely N-dealkylation sites (tertiary alicyclic amines) is 1. The second kappa shape index (κ2) is 9.53. The third-order valence-corrected chi connectivity index (χ3v) is 6.63. The number of amides is 4. The van der Waals surface area contributed by atoms with Gasteiger partial charge in [0.1, 0.15) is 12.1 Å². The van der Waals surface area contributed by atoms with Gasteiger partial charge in [-0.25, -0.2) is 9.59 Å². The van der Waals surface area contributed by atoms with Gasteiger partial charge in [0.15, 0.2) is 5.54 Å². The van der Waals surface area contributed by atoms with Gasteiger partial charge in [-0.2, -0.15) is 0 Å².